The van der Waals surface area contributed by atoms with Gasteiger partial charge in [0.05, 0.1) is 12.7 Å². The Morgan fingerprint density at radius 1 is 1.07 bits per heavy atom. The van der Waals surface area contributed by atoms with Crippen LogP contribution in [0.15, 0.2) is 54.6 Å². The first-order chi connectivity index (χ1) is 13.7. The molecule has 1 fully saturated rings. The Bertz CT molecular complexity index is 960. The molecule has 7 heteroatoms. The molecular formula is C21H27N5OS+2. The summed E-state index contributed by atoms with van der Waals surface area (Å²) < 4.78 is 8.64. The van der Waals surface area contributed by atoms with Crippen LogP contribution >= 0.6 is 12.2 Å². The molecule has 0 saturated carbocycles. The molecule has 0 bridgehead atoms. The van der Waals surface area contributed by atoms with Crippen molar-refractivity contribution >= 4 is 12.2 Å². The minimum Gasteiger partial charge on any atom is -0.489 e. The fourth-order valence-electron chi connectivity index (χ4n) is 3.60. The summed E-state index contributed by atoms with van der Waals surface area (Å²) in [6, 6.07) is 18.2. The number of aromatic amines is 1. The number of hydrogen-bond donors (Lipinski definition) is 3. The number of hydrogen-bond acceptors (Lipinski definition) is 3. The van der Waals surface area contributed by atoms with Crippen LogP contribution in [-0.2, 0) is 13.2 Å². The van der Waals surface area contributed by atoms with Gasteiger partial charge in [-0.15, -0.1) is 0 Å². The number of H-pyrrole nitrogens is 1. The highest BCUT2D eigenvalue weighted by Gasteiger charge is 2.22. The summed E-state index contributed by atoms with van der Waals surface area (Å²) in [5.41, 5.74) is 2.13. The number of benzene rings is 2. The number of nitrogens with one attached hydrogen (secondary N) is 3. The maximum atomic E-state index is 5.99. The molecule has 0 radical (unpaired) electrons. The summed E-state index contributed by atoms with van der Waals surface area (Å²) in [6.07, 6.45) is 0. The smallest absolute Gasteiger partial charge is 0.200 e. The van der Waals surface area contributed by atoms with E-state index in [9.17, 15) is 0 Å². The van der Waals surface area contributed by atoms with Crippen LogP contribution in [0.2, 0.25) is 0 Å². The van der Waals surface area contributed by atoms with Crippen LogP contribution in [0, 0.1) is 4.77 Å². The van der Waals surface area contributed by atoms with Crippen molar-refractivity contribution in [2.45, 2.75) is 13.2 Å². The second-order valence-electron chi connectivity index (χ2n) is 7.44. The quantitative estimate of drug-likeness (QED) is 0.529. The zero-order valence-electron chi connectivity index (χ0n) is 16.1. The SMILES string of the molecule is C[NH+]1CC[NH+](Cc2n[nH]c(=S)n2-c2cccc(OCc3ccccc3)c2)CC1. The predicted molar refractivity (Wildman–Crippen MR) is 111 cm³/mol. The van der Waals surface area contributed by atoms with Crippen molar-refractivity contribution in [2.75, 3.05) is 33.2 Å². The third-order valence-corrected chi connectivity index (χ3v) is 5.56. The molecule has 1 aliphatic heterocycles. The molecule has 1 saturated heterocycles. The van der Waals surface area contributed by atoms with E-state index in [2.05, 4.69) is 29.4 Å². The number of nitrogens with zero attached hydrogens (tertiary/aromatic N) is 2. The monoisotopic (exact) mass is 397 g/mol. The van der Waals surface area contributed by atoms with E-state index in [-0.39, 0.29) is 0 Å². The highest BCUT2D eigenvalue weighted by atomic mass is 32.1. The standard InChI is InChI=1S/C21H25N5OS/c1-24-10-12-25(13-11-24)15-20-22-23-21(28)26(20)18-8-5-9-19(14-18)27-16-17-6-3-2-4-7-17/h2-9,14H,10-13,15-16H2,1H3,(H,23,28)/p+2. The van der Waals surface area contributed by atoms with Crippen LogP contribution in [0.4, 0.5) is 0 Å². The van der Waals surface area contributed by atoms with E-state index in [4.69, 9.17) is 17.0 Å². The Morgan fingerprint density at radius 3 is 2.64 bits per heavy atom. The number of rotatable bonds is 6. The minimum atomic E-state index is 0.543. The van der Waals surface area contributed by atoms with Gasteiger partial charge in [-0.05, 0) is 29.9 Å². The van der Waals surface area contributed by atoms with E-state index in [1.165, 1.54) is 13.1 Å². The van der Waals surface area contributed by atoms with E-state index in [0.29, 0.717) is 11.4 Å². The molecule has 2 heterocycles. The fraction of sp³-hybridized carbons (Fsp3) is 0.333. The van der Waals surface area contributed by atoms with E-state index in [1.807, 2.05) is 47.0 Å². The van der Waals surface area contributed by atoms with Gasteiger partial charge in [0.15, 0.2) is 10.6 Å². The molecular weight excluding hydrogens is 370 g/mol. The lowest BCUT2D eigenvalue weighted by Gasteiger charge is -2.27. The van der Waals surface area contributed by atoms with Crippen molar-refractivity contribution < 1.29 is 14.5 Å². The van der Waals surface area contributed by atoms with Gasteiger partial charge >= 0.3 is 0 Å². The summed E-state index contributed by atoms with van der Waals surface area (Å²) in [5, 5.41) is 7.47. The molecule has 4 rings (SSSR count). The van der Waals surface area contributed by atoms with Crippen molar-refractivity contribution in [2.24, 2.45) is 0 Å². The largest absolute Gasteiger partial charge is 0.489 e. The topological polar surface area (TPSA) is 51.7 Å². The Kier molecular flexibility index (Phi) is 5.85. The van der Waals surface area contributed by atoms with Crippen molar-refractivity contribution in [1.29, 1.82) is 0 Å². The average molecular weight is 398 g/mol. The van der Waals surface area contributed by atoms with Crippen molar-refractivity contribution in [3.8, 4) is 11.4 Å². The molecule has 0 aliphatic carbocycles. The number of ether oxygens (including phenoxy) is 1. The Hall–Kier alpha value is -2.48. The van der Waals surface area contributed by atoms with Gasteiger partial charge in [-0.25, -0.2) is 0 Å². The fourth-order valence-corrected chi connectivity index (χ4v) is 3.85. The normalized spacial score (nSPS) is 19.5. The van der Waals surface area contributed by atoms with E-state index < -0.39 is 0 Å². The molecule has 3 N–H and O–H groups in total. The van der Waals surface area contributed by atoms with Gasteiger partial charge in [0.1, 0.15) is 45.1 Å². The summed E-state index contributed by atoms with van der Waals surface area (Å²) in [5.74, 6) is 1.80. The van der Waals surface area contributed by atoms with Gasteiger partial charge in [0.2, 0.25) is 0 Å². The molecule has 2 aromatic carbocycles. The van der Waals surface area contributed by atoms with Crippen molar-refractivity contribution in [3.05, 3.63) is 70.8 Å². The van der Waals surface area contributed by atoms with Gasteiger partial charge in [-0.2, -0.15) is 5.10 Å². The molecule has 28 heavy (non-hydrogen) atoms. The molecule has 0 spiro atoms. The second-order valence-corrected chi connectivity index (χ2v) is 7.82. The first-order valence-corrected chi connectivity index (χ1v) is 10.2. The zero-order chi connectivity index (χ0) is 19.3. The van der Waals surface area contributed by atoms with E-state index in [0.717, 1.165) is 42.5 Å². The first-order valence-electron chi connectivity index (χ1n) is 9.77. The zero-order valence-corrected chi connectivity index (χ0v) is 17.0. The Balaban J connectivity index is 1.51. The van der Waals surface area contributed by atoms with Gasteiger partial charge in [-0.3, -0.25) is 9.67 Å². The highest BCUT2D eigenvalue weighted by molar-refractivity contribution is 7.71. The number of piperazine rings is 1. The summed E-state index contributed by atoms with van der Waals surface area (Å²) in [6.45, 7) is 6.13. The lowest BCUT2D eigenvalue weighted by atomic mass is 10.2. The molecule has 0 unspecified atom stereocenters. The molecule has 1 aliphatic rings. The summed E-state index contributed by atoms with van der Waals surface area (Å²) in [4.78, 5) is 3.16. The maximum Gasteiger partial charge on any atom is 0.200 e. The van der Waals surface area contributed by atoms with Gasteiger partial charge < -0.3 is 14.5 Å². The molecule has 146 valence electrons. The Labute approximate surface area is 170 Å². The molecule has 1 aromatic heterocycles. The third kappa shape index (κ3) is 4.49. The van der Waals surface area contributed by atoms with E-state index in [1.54, 1.807) is 9.80 Å². The number of aromatic nitrogens is 3. The van der Waals surface area contributed by atoms with Gasteiger partial charge in [0.25, 0.3) is 0 Å². The lowest BCUT2D eigenvalue weighted by Crippen LogP contribution is -3.26. The molecule has 0 amide bonds. The van der Waals surface area contributed by atoms with Crippen LogP contribution < -0.4 is 14.5 Å². The molecule has 6 nitrogen and oxygen atoms in total. The van der Waals surface area contributed by atoms with Crippen molar-refractivity contribution in [1.82, 2.24) is 14.8 Å². The number of likely N-dealkylation sites (N-methyl/N-ethyl adjacent to an activating group) is 1. The number of quaternary nitrogens is 2. The first kappa shape index (κ1) is 18.9. The van der Waals surface area contributed by atoms with Crippen LogP contribution in [0.5, 0.6) is 5.75 Å². The van der Waals surface area contributed by atoms with Crippen LogP contribution in [-0.4, -0.2) is 48.0 Å². The van der Waals surface area contributed by atoms with Crippen LogP contribution in [0.25, 0.3) is 5.69 Å². The summed E-state index contributed by atoms with van der Waals surface area (Å²) >= 11 is 5.52. The van der Waals surface area contributed by atoms with Crippen LogP contribution in [0.1, 0.15) is 11.4 Å². The molecule has 0 atom stereocenters. The predicted octanol–water partition coefficient (Wildman–Crippen LogP) is 0.422. The average Bonchev–Trinajstić information content (AvgIpc) is 3.09. The van der Waals surface area contributed by atoms with Crippen LogP contribution in [0.3, 0.4) is 0 Å². The highest BCUT2D eigenvalue weighted by Crippen LogP contribution is 2.19. The molecule has 3 aromatic rings. The third-order valence-electron chi connectivity index (χ3n) is 5.28. The maximum absolute atomic E-state index is 5.99. The lowest BCUT2D eigenvalue weighted by molar-refractivity contribution is -1.01. The van der Waals surface area contributed by atoms with Crippen molar-refractivity contribution in [3.63, 3.8) is 0 Å². The van der Waals surface area contributed by atoms with E-state index >= 15 is 0 Å². The second kappa shape index (κ2) is 8.68. The minimum absolute atomic E-state index is 0.543. The Morgan fingerprint density at radius 2 is 1.86 bits per heavy atom. The summed E-state index contributed by atoms with van der Waals surface area (Å²) in [7, 11) is 2.26. The van der Waals surface area contributed by atoms with Gasteiger partial charge in [0, 0.05) is 6.07 Å². The van der Waals surface area contributed by atoms with Gasteiger partial charge in [-0.1, -0.05) is 36.4 Å².